The largest absolute Gasteiger partial charge is 0.378 e. The molecule has 1 saturated heterocycles. The van der Waals surface area contributed by atoms with Crippen LogP contribution in [0.2, 0.25) is 0 Å². The van der Waals surface area contributed by atoms with Crippen molar-refractivity contribution in [2.24, 2.45) is 0 Å². The Morgan fingerprint density at radius 1 is 1.08 bits per heavy atom. The lowest BCUT2D eigenvalue weighted by Crippen LogP contribution is -2.36. The highest BCUT2D eigenvalue weighted by Crippen LogP contribution is 2.22. The van der Waals surface area contributed by atoms with E-state index in [0.717, 1.165) is 24.2 Å². The van der Waals surface area contributed by atoms with Gasteiger partial charge < -0.3 is 15.0 Å². The van der Waals surface area contributed by atoms with Crippen LogP contribution in [0.3, 0.4) is 0 Å². The minimum atomic E-state index is -0.244. The molecule has 2 aromatic rings. The Kier molecular flexibility index (Phi) is 5.43. The summed E-state index contributed by atoms with van der Waals surface area (Å²) < 4.78 is 32.6. The van der Waals surface area contributed by atoms with Crippen LogP contribution in [-0.2, 0) is 11.3 Å². The smallest absolute Gasteiger partial charge is 0.146 e. The Morgan fingerprint density at radius 3 is 2.46 bits per heavy atom. The monoisotopic (exact) mass is 332 g/mol. The zero-order valence-electron chi connectivity index (χ0n) is 13.8. The molecule has 24 heavy (non-hydrogen) atoms. The maximum absolute atomic E-state index is 14.4. The van der Waals surface area contributed by atoms with Crippen LogP contribution in [0.4, 0.5) is 14.5 Å². The van der Waals surface area contributed by atoms with Crippen LogP contribution in [0.5, 0.6) is 0 Å². The van der Waals surface area contributed by atoms with Crippen molar-refractivity contribution in [3.8, 4) is 0 Å². The fourth-order valence-electron chi connectivity index (χ4n) is 2.86. The quantitative estimate of drug-likeness (QED) is 0.904. The maximum atomic E-state index is 14.4. The molecule has 3 nitrogen and oxygen atoms in total. The molecule has 0 spiro atoms. The first kappa shape index (κ1) is 16.9. The van der Waals surface area contributed by atoms with Gasteiger partial charge in [-0.3, -0.25) is 0 Å². The number of ether oxygens (including phenoxy) is 1. The summed E-state index contributed by atoms with van der Waals surface area (Å²) in [5.41, 5.74) is 2.52. The van der Waals surface area contributed by atoms with Gasteiger partial charge in [-0.25, -0.2) is 8.78 Å². The van der Waals surface area contributed by atoms with Crippen molar-refractivity contribution in [3.05, 3.63) is 65.2 Å². The lowest BCUT2D eigenvalue weighted by Gasteiger charge is -2.29. The van der Waals surface area contributed by atoms with E-state index < -0.39 is 0 Å². The number of hydrogen-bond acceptors (Lipinski definition) is 3. The van der Waals surface area contributed by atoms with Crippen LogP contribution in [0.25, 0.3) is 0 Å². The van der Waals surface area contributed by atoms with Crippen LogP contribution in [-0.4, -0.2) is 26.3 Å². The fraction of sp³-hybridized carbons (Fsp3) is 0.368. The number of morpholine rings is 1. The van der Waals surface area contributed by atoms with Gasteiger partial charge in [-0.1, -0.05) is 18.2 Å². The molecule has 1 N–H and O–H groups in total. The van der Waals surface area contributed by atoms with Crippen LogP contribution >= 0.6 is 0 Å². The predicted octanol–water partition coefficient (Wildman–Crippen LogP) is 3.65. The minimum Gasteiger partial charge on any atom is -0.378 e. The van der Waals surface area contributed by atoms with E-state index in [-0.39, 0.29) is 17.7 Å². The standard InChI is InChI=1S/C19H22F2N2O/c1-14(16-3-5-17(20)6-4-16)22-13-15-2-7-19(18(21)12-15)23-8-10-24-11-9-23/h2-7,12,14,22H,8-11,13H2,1H3/t14-/m0/s1. The molecular weight excluding hydrogens is 310 g/mol. The SMILES string of the molecule is C[C@H](NCc1ccc(N2CCOCC2)c(F)c1)c1ccc(F)cc1. The Morgan fingerprint density at radius 2 is 1.79 bits per heavy atom. The summed E-state index contributed by atoms with van der Waals surface area (Å²) in [4.78, 5) is 2.01. The molecule has 1 fully saturated rings. The summed E-state index contributed by atoms with van der Waals surface area (Å²) in [5.74, 6) is -0.447. The van der Waals surface area contributed by atoms with Crippen molar-refractivity contribution in [1.29, 1.82) is 0 Å². The highest BCUT2D eigenvalue weighted by atomic mass is 19.1. The summed E-state index contributed by atoms with van der Waals surface area (Å²) >= 11 is 0. The van der Waals surface area contributed by atoms with E-state index >= 15 is 0 Å². The van der Waals surface area contributed by atoms with Crippen molar-refractivity contribution >= 4 is 5.69 Å². The molecule has 0 saturated carbocycles. The van der Waals surface area contributed by atoms with Gasteiger partial charge in [-0.2, -0.15) is 0 Å². The van der Waals surface area contributed by atoms with Gasteiger partial charge in [-0.05, 0) is 42.3 Å². The second kappa shape index (κ2) is 7.73. The Hall–Kier alpha value is -1.98. The first-order chi connectivity index (χ1) is 11.6. The molecular formula is C19H22F2N2O. The second-order valence-corrected chi connectivity index (χ2v) is 6.04. The van der Waals surface area contributed by atoms with E-state index in [1.165, 1.54) is 12.1 Å². The molecule has 0 amide bonds. The topological polar surface area (TPSA) is 24.5 Å². The molecule has 1 atom stereocenters. The van der Waals surface area contributed by atoms with Crippen molar-refractivity contribution in [1.82, 2.24) is 5.32 Å². The number of rotatable bonds is 5. The summed E-state index contributed by atoms with van der Waals surface area (Å²) in [6, 6.07) is 11.8. The lowest BCUT2D eigenvalue weighted by molar-refractivity contribution is 0.122. The Balaban J connectivity index is 1.61. The zero-order valence-corrected chi connectivity index (χ0v) is 13.8. The van der Waals surface area contributed by atoms with Gasteiger partial charge in [0.1, 0.15) is 11.6 Å². The average molecular weight is 332 g/mol. The molecule has 1 aliphatic heterocycles. The minimum absolute atomic E-state index is 0.0626. The van der Waals surface area contributed by atoms with Crippen LogP contribution in [0.1, 0.15) is 24.1 Å². The van der Waals surface area contributed by atoms with Crippen molar-refractivity contribution in [2.75, 3.05) is 31.2 Å². The molecule has 0 unspecified atom stereocenters. The van der Waals surface area contributed by atoms with Gasteiger partial charge in [-0.15, -0.1) is 0 Å². The Bertz CT molecular complexity index is 670. The van der Waals surface area contributed by atoms with E-state index in [2.05, 4.69) is 5.32 Å². The van der Waals surface area contributed by atoms with E-state index in [9.17, 15) is 8.78 Å². The highest BCUT2D eigenvalue weighted by Gasteiger charge is 2.15. The van der Waals surface area contributed by atoms with Gasteiger partial charge in [0.05, 0.1) is 18.9 Å². The molecule has 3 rings (SSSR count). The summed E-state index contributed by atoms with van der Waals surface area (Å²) in [5, 5.41) is 3.34. The first-order valence-corrected chi connectivity index (χ1v) is 8.23. The van der Waals surface area contributed by atoms with Gasteiger partial charge >= 0.3 is 0 Å². The number of nitrogens with zero attached hydrogens (tertiary/aromatic N) is 1. The molecule has 0 bridgehead atoms. The van der Waals surface area contributed by atoms with Crippen molar-refractivity contribution < 1.29 is 13.5 Å². The molecule has 1 aliphatic rings. The normalized spacial score (nSPS) is 16.2. The molecule has 2 aromatic carbocycles. The van der Waals surface area contributed by atoms with Gasteiger partial charge in [0.2, 0.25) is 0 Å². The lowest BCUT2D eigenvalue weighted by atomic mass is 10.1. The number of anilines is 1. The number of halogens is 2. The van der Waals surface area contributed by atoms with Gasteiger partial charge in [0.25, 0.3) is 0 Å². The summed E-state index contributed by atoms with van der Waals surface area (Å²) in [6.45, 7) is 5.27. The number of nitrogens with one attached hydrogen (secondary N) is 1. The third kappa shape index (κ3) is 4.10. The third-order valence-corrected chi connectivity index (χ3v) is 4.35. The average Bonchev–Trinajstić information content (AvgIpc) is 2.61. The van der Waals surface area contributed by atoms with Crippen LogP contribution < -0.4 is 10.2 Å². The third-order valence-electron chi connectivity index (χ3n) is 4.35. The van der Waals surface area contributed by atoms with Gasteiger partial charge in [0, 0.05) is 25.7 Å². The molecule has 0 radical (unpaired) electrons. The van der Waals surface area contributed by atoms with E-state index in [1.54, 1.807) is 18.2 Å². The van der Waals surface area contributed by atoms with E-state index in [1.807, 2.05) is 24.0 Å². The van der Waals surface area contributed by atoms with Crippen LogP contribution in [0.15, 0.2) is 42.5 Å². The molecule has 0 aliphatic carbocycles. The van der Waals surface area contributed by atoms with Crippen molar-refractivity contribution in [2.45, 2.75) is 19.5 Å². The molecule has 128 valence electrons. The number of benzene rings is 2. The maximum Gasteiger partial charge on any atom is 0.146 e. The fourth-order valence-corrected chi connectivity index (χ4v) is 2.86. The summed E-state index contributed by atoms with van der Waals surface area (Å²) in [7, 11) is 0. The molecule has 0 aromatic heterocycles. The zero-order chi connectivity index (χ0) is 16.9. The second-order valence-electron chi connectivity index (χ2n) is 6.04. The summed E-state index contributed by atoms with van der Waals surface area (Å²) in [6.07, 6.45) is 0. The number of hydrogen-bond donors (Lipinski definition) is 1. The molecule has 5 heteroatoms. The highest BCUT2D eigenvalue weighted by molar-refractivity contribution is 5.49. The van der Waals surface area contributed by atoms with E-state index in [4.69, 9.17) is 4.74 Å². The van der Waals surface area contributed by atoms with Gasteiger partial charge in [0.15, 0.2) is 0 Å². The van der Waals surface area contributed by atoms with Crippen LogP contribution in [0, 0.1) is 11.6 Å². The Labute approximate surface area is 141 Å². The predicted molar refractivity (Wildman–Crippen MR) is 91.1 cm³/mol. The van der Waals surface area contributed by atoms with Crippen molar-refractivity contribution in [3.63, 3.8) is 0 Å². The first-order valence-electron chi connectivity index (χ1n) is 8.23. The molecule has 1 heterocycles. The van der Waals surface area contributed by atoms with E-state index in [0.29, 0.717) is 25.4 Å².